The average molecular weight is 408 g/mol. The van der Waals surface area contributed by atoms with Crippen molar-refractivity contribution in [2.24, 2.45) is 0 Å². The van der Waals surface area contributed by atoms with Crippen LogP contribution in [0.5, 0.6) is 11.5 Å². The number of H-pyrrole nitrogens is 1. The summed E-state index contributed by atoms with van der Waals surface area (Å²) in [5.41, 5.74) is 2.60. The van der Waals surface area contributed by atoms with Crippen molar-refractivity contribution >= 4 is 5.91 Å². The number of aromatic nitrogens is 3. The molecule has 1 amide bonds. The van der Waals surface area contributed by atoms with Crippen LogP contribution in [-0.4, -0.2) is 35.3 Å². The minimum absolute atomic E-state index is 0.149. The van der Waals surface area contributed by atoms with E-state index in [4.69, 9.17) is 9.47 Å². The third kappa shape index (κ3) is 5.44. The standard InChI is InChI=1S/C22H24N4O4/c1-14-5-4-6-15(9-14)13-23-20(27)8-7-19-22(28)24-21(26-25-19)16-10-17(29-2)12-18(11-16)30-3/h4-6,9-12H,7-8,13H2,1-3H3,(H,23,27)(H,24,26,28). The summed E-state index contributed by atoms with van der Waals surface area (Å²) in [6.45, 7) is 2.45. The van der Waals surface area contributed by atoms with Gasteiger partial charge in [0.2, 0.25) is 5.91 Å². The van der Waals surface area contributed by atoms with Gasteiger partial charge >= 0.3 is 0 Å². The van der Waals surface area contributed by atoms with Crippen molar-refractivity contribution in [3.8, 4) is 22.9 Å². The molecule has 3 aromatic rings. The van der Waals surface area contributed by atoms with Gasteiger partial charge in [-0.05, 0) is 24.6 Å². The summed E-state index contributed by atoms with van der Waals surface area (Å²) in [6.07, 6.45) is 0.347. The lowest BCUT2D eigenvalue weighted by molar-refractivity contribution is -0.121. The van der Waals surface area contributed by atoms with E-state index in [0.717, 1.165) is 11.1 Å². The van der Waals surface area contributed by atoms with E-state index in [-0.39, 0.29) is 30.0 Å². The number of carbonyl (C=O) groups is 1. The van der Waals surface area contributed by atoms with E-state index >= 15 is 0 Å². The molecule has 30 heavy (non-hydrogen) atoms. The van der Waals surface area contributed by atoms with E-state index in [1.807, 2.05) is 31.2 Å². The van der Waals surface area contributed by atoms with E-state index in [9.17, 15) is 9.59 Å². The predicted octanol–water partition coefficient (Wildman–Crippen LogP) is 2.41. The van der Waals surface area contributed by atoms with Gasteiger partial charge in [-0.2, -0.15) is 0 Å². The van der Waals surface area contributed by atoms with Gasteiger partial charge in [0.25, 0.3) is 5.56 Å². The van der Waals surface area contributed by atoms with Gasteiger partial charge in [0.15, 0.2) is 5.82 Å². The van der Waals surface area contributed by atoms with Gasteiger partial charge in [-0.15, -0.1) is 10.2 Å². The first kappa shape index (κ1) is 21.0. The van der Waals surface area contributed by atoms with Crippen LogP contribution in [0.4, 0.5) is 0 Å². The molecule has 8 heteroatoms. The second kappa shape index (κ2) is 9.69. The molecule has 2 aromatic carbocycles. The first-order valence-corrected chi connectivity index (χ1v) is 9.50. The number of amides is 1. The number of hydrogen-bond donors (Lipinski definition) is 2. The quantitative estimate of drug-likeness (QED) is 0.593. The first-order valence-electron chi connectivity index (χ1n) is 9.50. The largest absolute Gasteiger partial charge is 0.497 e. The molecule has 0 unspecified atom stereocenters. The summed E-state index contributed by atoms with van der Waals surface area (Å²) in [5, 5.41) is 11.0. The summed E-state index contributed by atoms with van der Waals surface area (Å²) >= 11 is 0. The van der Waals surface area contributed by atoms with Crippen molar-refractivity contribution < 1.29 is 14.3 Å². The molecule has 0 fully saturated rings. The maximum atomic E-state index is 12.4. The highest BCUT2D eigenvalue weighted by Gasteiger charge is 2.11. The van der Waals surface area contributed by atoms with Crippen molar-refractivity contribution in [3.63, 3.8) is 0 Å². The van der Waals surface area contributed by atoms with Gasteiger partial charge in [0.1, 0.15) is 17.2 Å². The van der Waals surface area contributed by atoms with Gasteiger partial charge in [-0.1, -0.05) is 29.8 Å². The van der Waals surface area contributed by atoms with Crippen molar-refractivity contribution in [1.82, 2.24) is 20.5 Å². The summed E-state index contributed by atoms with van der Waals surface area (Å²) in [7, 11) is 3.08. The molecule has 1 aromatic heterocycles. The van der Waals surface area contributed by atoms with E-state index in [1.54, 1.807) is 32.4 Å². The molecule has 0 bridgehead atoms. The van der Waals surface area contributed by atoms with Crippen LogP contribution in [0.25, 0.3) is 11.4 Å². The molecule has 1 heterocycles. The van der Waals surface area contributed by atoms with Crippen LogP contribution in [0, 0.1) is 6.92 Å². The summed E-state index contributed by atoms with van der Waals surface area (Å²) in [5.74, 6) is 1.28. The van der Waals surface area contributed by atoms with E-state index in [2.05, 4.69) is 20.5 Å². The van der Waals surface area contributed by atoms with Crippen molar-refractivity contribution in [2.45, 2.75) is 26.3 Å². The van der Waals surface area contributed by atoms with Crippen LogP contribution in [0.2, 0.25) is 0 Å². The SMILES string of the molecule is COc1cc(OC)cc(-c2nnc(CCC(=O)NCc3cccc(C)c3)c(=O)[nH]2)c1. The highest BCUT2D eigenvalue weighted by Crippen LogP contribution is 2.27. The molecular weight excluding hydrogens is 384 g/mol. The Morgan fingerprint density at radius 2 is 1.80 bits per heavy atom. The number of aromatic amines is 1. The highest BCUT2D eigenvalue weighted by atomic mass is 16.5. The lowest BCUT2D eigenvalue weighted by atomic mass is 10.1. The molecule has 0 aliphatic heterocycles. The van der Waals surface area contributed by atoms with Gasteiger partial charge in [-0.25, -0.2) is 0 Å². The number of aryl methyl sites for hydroxylation is 2. The number of ether oxygens (including phenoxy) is 2. The zero-order chi connectivity index (χ0) is 21.5. The fourth-order valence-corrected chi connectivity index (χ4v) is 2.94. The molecule has 8 nitrogen and oxygen atoms in total. The molecule has 3 rings (SSSR count). The number of carbonyl (C=O) groups excluding carboxylic acids is 1. The second-order valence-electron chi connectivity index (χ2n) is 6.82. The number of nitrogens with zero attached hydrogens (tertiary/aromatic N) is 2. The normalized spacial score (nSPS) is 10.5. The zero-order valence-electron chi connectivity index (χ0n) is 17.2. The number of rotatable bonds is 8. The molecule has 0 saturated carbocycles. The topological polar surface area (TPSA) is 106 Å². The minimum Gasteiger partial charge on any atom is -0.497 e. The van der Waals surface area contributed by atoms with Crippen LogP contribution in [-0.2, 0) is 17.8 Å². The summed E-state index contributed by atoms with van der Waals surface area (Å²) in [4.78, 5) is 27.2. The monoisotopic (exact) mass is 408 g/mol. The van der Waals surface area contributed by atoms with Crippen LogP contribution < -0.4 is 20.3 Å². The van der Waals surface area contributed by atoms with Gasteiger partial charge in [0, 0.05) is 31.0 Å². The van der Waals surface area contributed by atoms with Crippen molar-refractivity contribution in [1.29, 1.82) is 0 Å². The fourth-order valence-electron chi connectivity index (χ4n) is 2.94. The van der Waals surface area contributed by atoms with Gasteiger partial charge < -0.3 is 19.8 Å². The fraction of sp³-hybridized carbons (Fsp3) is 0.273. The first-order chi connectivity index (χ1) is 14.5. The molecule has 0 atom stereocenters. The molecule has 0 aliphatic rings. The van der Waals surface area contributed by atoms with Crippen LogP contribution in [0.1, 0.15) is 23.2 Å². The second-order valence-corrected chi connectivity index (χ2v) is 6.82. The lowest BCUT2D eigenvalue weighted by Crippen LogP contribution is -2.25. The summed E-state index contributed by atoms with van der Waals surface area (Å²) in [6, 6.07) is 13.1. The molecule has 0 radical (unpaired) electrons. The van der Waals surface area contributed by atoms with Crippen molar-refractivity contribution in [2.75, 3.05) is 14.2 Å². The number of methoxy groups -OCH3 is 2. The number of hydrogen-bond acceptors (Lipinski definition) is 6. The molecule has 0 saturated heterocycles. The summed E-state index contributed by atoms with van der Waals surface area (Å²) < 4.78 is 10.5. The molecule has 156 valence electrons. The highest BCUT2D eigenvalue weighted by molar-refractivity contribution is 5.76. The van der Waals surface area contributed by atoms with Crippen LogP contribution >= 0.6 is 0 Å². The lowest BCUT2D eigenvalue weighted by Gasteiger charge is -2.08. The average Bonchev–Trinajstić information content (AvgIpc) is 2.76. The Morgan fingerprint density at radius 3 is 2.43 bits per heavy atom. The van der Waals surface area contributed by atoms with E-state index in [1.165, 1.54) is 0 Å². The maximum Gasteiger partial charge on any atom is 0.273 e. The molecule has 0 spiro atoms. The Labute approximate surface area is 174 Å². The minimum atomic E-state index is -0.381. The van der Waals surface area contributed by atoms with Crippen LogP contribution in [0.15, 0.2) is 47.3 Å². The van der Waals surface area contributed by atoms with Gasteiger partial charge in [0.05, 0.1) is 14.2 Å². The molecule has 0 aliphatic carbocycles. The third-order valence-electron chi connectivity index (χ3n) is 4.55. The smallest absolute Gasteiger partial charge is 0.273 e. The number of benzene rings is 2. The molecule has 2 N–H and O–H groups in total. The Hall–Kier alpha value is -3.68. The van der Waals surface area contributed by atoms with Crippen molar-refractivity contribution in [3.05, 3.63) is 69.6 Å². The zero-order valence-corrected chi connectivity index (χ0v) is 17.2. The van der Waals surface area contributed by atoms with Gasteiger partial charge in [-0.3, -0.25) is 9.59 Å². The Morgan fingerprint density at radius 1 is 1.07 bits per heavy atom. The Kier molecular flexibility index (Phi) is 6.79. The van der Waals surface area contributed by atoms with E-state index < -0.39 is 0 Å². The Balaban J connectivity index is 1.63. The van der Waals surface area contributed by atoms with Crippen LogP contribution in [0.3, 0.4) is 0 Å². The molecular formula is C22H24N4O4. The Bertz CT molecular complexity index is 1070. The van der Waals surface area contributed by atoms with E-state index in [0.29, 0.717) is 29.4 Å². The predicted molar refractivity (Wildman–Crippen MR) is 113 cm³/mol. The number of nitrogens with one attached hydrogen (secondary N) is 2. The maximum absolute atomic E-state index is 12.4. The third-order valence-corrected chi connectivity index (χ3v) is 4.55.